The van der Waals surface area contributed by atoms with Crippen LogP contribution in [0.5, 0.6) is 0 Å². The zero-order valence-corrected chi connectivity index (χ0v) is 10.6. The number of non-ortho nitro benzene ring substituents is 1. The van der Waals surface area contributed by atoms with E-state index in [0.717, 1.165) is 24.1 Å². The average Bonchev–Trinajstić information content (AvgIpc) is 3.13. The normalized spacial score (nSPS) is 15.8. The monoisotopic (exact) mass is 264 g/mol. The van der Waals surface area contributed by atoms with Gasteiger partial charge in [-0.05, 0) is 37.3 Å². The third-order valence-electron chi connectivity index (χ3n) is 3.35. The number of anilines is 1. The Morgan fingerprint density at radius 1 is 1.58 bits per heavy atom. The molecule has 1 saturated carbocycles. The molecule has 1 aliphatic carbocycles. The molecule has 0 saturated heterocycles. The van der Waals surface area contributed by atoms with Crippen molar-refractivity contribution in [1.29, 1.82) is 0 Å². The summed E-state index contributed by atoms with van der Waals surface area (Å²) in [5.41, 5.74) is 1.57. The maximum atomic E-state index is 10.8. The van der Waals surface area contributed by atoms with E-state index in [9.17, 15) is 14.9 Å². The lowest BCUT2D eigenvalue weighted by atomic mass is 10.1. The largest absolute Gasteiger partial charge is 0.481 e. The average molecular weight is 264 g/mol. The highest BCUT2D eigenvalue weighted by Gasteiger charge is 2.32. The Balaban J connectivity index is 2.12. The number of carboxylic acids is 1. The first kappa shape index (κ1) is 13.3. The van der Waals surface area contributed by atoms with Gasteiger partial charge in [0.05, 0.1) is 11.3 Å². The highest BCUT2D eigenvalue weighted by Crippen LogP contribution is 2.36. The summed E-state index contributed by atoms with van der Waals surface area (Å²) in [6, 6.07) is 4.47. The van der Waals surface area contributed by atoms with E-state index >= 15 is 0 Å². The zero-order valence-electron chi connectivity index (χ0n) is 10.6. The van der Waals surface area contributed by atoms with Crippen LogP contribution in [0.1, 0.15) is 24.8 Å². The molecule has 1 unspecified atom stereocenters. The summed E-state index contributed by atoms with van der Waals surface area (Å²) >= 11 is 0. The summed E-state index contributed by atoms with van der Waals surface area (Å²) < 4.78 is 0. The van der Waals surface area contributed by atoms with Gasteiger partial charge in [-0.15, -0.1) is 0 Å². The van der Waals surface area contributed by atoms with Crippen molar-refractivity contribution in [3.63, 3.8) is 0 Å². The number of aryl methyl sites for hydroxylation is 1. The van der Waals surface area contributed by atoms with Gasteiger partial charge in [0.2, 0.25) is 0 Å². The van der Waals surface area contributed by atoms with Crippen LogP contribution in [0.3, 0.4) is 0 Å². The molecule has 0 radical (unpaired) electrons. The van der Waals surface area contributed by atoms with Gasteiger partial charge >= 0.3 is 5.97 Å². The number of nitro benzene ring substituents is 1. The van der Waals surface area contributed by atoms with E-state index in [1.165, 1.54) is 12.1 Å². The van der Waals surface area contributed by atoms with Crippen molar-refractivity contribution < 1.29 is 14.8 Å². The third kappa shape index (κ3) is 3.43. The number of hydrogen-bond donors (Lipinski definition) is 2. The van der Waals surface area contributed by atoms with Crippen molar-refractivity contribution in [1.82, 2.24) is 0 Å². The van der Waals surface area contributed by atoms with E-state index in [2.05, 4.69) is 5.32 Å². The molecule has 1 aliphatic rings. The SMILES string of the molecule is Cc1cc([N+](=O)[O-])ccc1NC(CC(=O)O)C1CC1. The molecule has 2 rings (SSSR count). The molecule has 1 aromatic carbocycles. The molecule has 1 fully saturated rings. The molecule has 19 heavy (non-hydrogen) atoms. The van der Waals surface area contributed by atoms with Crippen LogP contribution in [0.4, 0.5) is 11.4 Å². The highest BCUT2D eigenvalue weighted by molar-refractivity contribution is 5.69. The van der Waals surface area contributed by atoms with E-state index in [1.807, 2.05) is 0 Å². The Morgan fingerprint density at radius 3 is 2.74 bits per heavy atom. The fourth-order valence-corrected chi connectivity index (χ4v) is 2.15. The van der Waals surface area contributed by atoms with E-state index in [1.54, 1.807) is 13.0 Å². The van der Waals surface area contributed by atoms with Gasteiger partial charge in [0.15, 0.2) is 0 Å². The van der Waals surface area contributed by atoms with Gasteiger partial charge in [-0.2, -0.15) is 0 Å². The van der Waals surface area contributed by atoms with Crippen molar-refractivity contribution in [3.8, 4) is 0 Å². The molecule has 1 atom stereocenters. The number of nitrogens with one attached hydrogen (secondary N) is 1. The van der Waals surface area contributed by atoms with Crippen LogP contribution in [0.15, 0.2) is 18.2 Å². The lowest BCUT2D eigenvalue weighted by Gasteiger charge is -2.19. The molecular formula is C13H16N2O4. The summed E-state index contributed by atoms with van der Waals surface area (Å²) in [6.07, 6.45) is 2.15. The summed E-state index contributed by atoms with van der Waals surface area (Å²) in [4.78, 5) is 21.1. The molecule has 6 heteroatoms. The fourth-order valence-electron chi connectivity index (χ4n) is 2.15. The van der Waals surface area contributed by atoms with Gasteiger partial charge in [-0.3, -0.25) is 14.9 Å². The first-order valence-corrected chi connectivity index (χ1v) is 6.20. The second kappa shape index (κ2) is 5.26. The molecule has 102 valence electrons. The molecule has 0 heterocycles. The van der Waals surface area contributed by atoms with Gasteiger partial charge < -0.3 is 10.4 Å². The van der Waals surface area contributed by atoms with E-state index in [-0.39, 0.29) is 18.2 Å². The van der Waals surface area contributed by atoms with Gasteiger partial charge in [-0.1, -0.05) is 0 Å². The van der Waals surface area contributed by atoms with E-state index in [0.29, 0.717) is 5.92 Å². The first-order chi connectivity index (χ1) is 8.97. The van der Waals surface area contributed by atoms with Crippen molar-refractivity contribution in [2.24, 2.45) is 5.92 Å². The van der Waals surface area contributed by atoms with Crippen LogP contribution < -0.4 is 5.32 Å². The number of carbonyl (C=O) groups is 1. The Kier molecular flexibility index (Phi) is 3.69. The minimum atomic E-state index is -0.830. The Labute approximate surface area is 110 Å². The summed E-state index contributed by atoms with van der Waals surface area (Å²) in [6.45, 7) is 1.78. The highest BCUT2D eigenvalue weighted by atomic mass is 16.6. The summed E-state index contributed by atoms with van der Waals surface area (Å²) in [5, 5.41) is 22.8. The topological polar surface area (TPSA) is 92.5 Å². The number of aliphatic carboxylic acids is 1. The van der Waals surface area contributed by atoms with Crippen LogP contribution in [0.2, 0.25) is 0 Å². The molecule has 0 spiro atoms. The molecule has 1 aromatic rings. The lowest BCUT2D eigenvalue weighted by molar-refractivity contribution is -0.384. The Hall–Kier alpha value is -2.11. The van der Waals surface area contributed by atoms with Crippen molar-refractivity contribution in [2.45, 2.75) is 32.2 Å². The first-order valence-electron chi connectivity index (χ1n) is 6.20. The Morgan fingerprint density at radius 2 is 2.26 bits per heavy atom. The zero-order chi connectivity index (χ0) is 14.0. The van der Waals surface area contributed by atoms with Crippen molar-refractivity contribution >= 4 is 17.3 Å². The van der Waals surface area contributed by atoms with Crippen LogP contribution in [-0.4, -0.2) is 22.0 Å². The number of hydrogen-bond acceptors (Lipinski definition) is 4. The second-order valence-corrected chi connectivity index (χ2v) is 4.94. The second-order valence-electron chi connectivity index (χ2n) is 4.94. The maximum absolute atomic E-state index is 10.8. The quantitative estimate of drug-likeness (QED) is 0.608. The Bertz CT molecular complexity index is 511. The standard InChI is InChI=1S/C13H16N2O4/c1-8-6-10(15(18)19)4-5-11(8)14-12(7-13(16)17)9-2-3-9/h4-6,9,12,14H,2-3,7H2,1H3,(H,16,17). The van der Waals surface area contributed by atoms with E-state index in [4.69, 9.17) is 5.11 Å². The van der Waals surface area contributed by atoms with Gasteiger partial charge in [0.1, 0.15) is 0 Å². The lowest BCUT2D eigenvalue weighted by Crippen LogP contribution is -2.25. The predicted octanol–water partition coefficient (Wildman–Crippen LogP) is 2.57. The fraction of sp³-hybridized carbons (Fsp3) is 0.462. The van der Waals surface area contributed by atoms with Gasteiger partial charge in [0, 0.05) is 23.9 Å². The number of nitrogens with zero attached hydrogens (tertiary/aromatic N) is 1. The van der Waals surface area contributed by atoms with Crippen LogP contribution in [-0.2, 0) is 4.79 Å². The number of nitro groups is 1. The van der Waals surface area contributed by atoms with Gasteiger partial charge in [0.25, 0.3) is 5.69 Å². The van der Waals surface area contributed by atoms with Crippen LogP contribution in [0.25, 0.3) is 0 Å². The molecular weight excluding hydrogens is 248 g/mol. The molecule has 0 bridgehead atoms. The minimum absolute atomic E-state index is 0.0456. The molecule has 2 N–H and O–H groups in total. The maximum Gasteiger partial charge on any atom is 0.305 e. The summed E-state index contributed by atoms with van der Waals surface area (Å²) in [5.74, 6) is -0.436. The smallest absolute Gasteiger partial charge is 0.305 e. The molecule has 6 nitrogen and oxygen atoms in total. The number of benzene rings is 1. The molecule has 0 amide bonds. The van der Waals surface area contributed by atoms with Crippen molar-refractivity contribution in [2.75, 3.05) is 5.32 Å². The molecule has 0 aromatic heterocycles. The summed E-state index contributed by atoms with van der Waals surface area (Å²) in [7, 11) is 0. The van der Waals surface area contributed by atoms with Crippen LogP contribution >= 0.6 is 0 Å². The number of carboxylic acid groups (broad SMARTS) is 1. The number of rotatable bonds is 6. The van der Waals surface area contributed by atoms with Crippen LogP contribution in [0, 0.1) is 23.0 Å². The van der Waals surface area contributed by atoms with Gasteiger partial charge in [-0.25, -0.2) is 0 Å². The van der Waals surface area contributed by atoms with Crippen molar-refractivity contribution in [3.05, 3.63) is 33.9 Å². The third-order valence-corrected chi connectivity index (χ3v) is 3.35. The minimum Gasteiger partial charge on any atom is -0.481 e. The predicted molar refractivity (Wildman–Crippen MR) is 70.2 cm³/mol. The van der Waals surface area contributed by atoms with E-state index < -0.39 is 10.9 Å². The molecule has 0 aliphatic heterocycles.